The molecular weight excluding hydrogens is 349 g/mol. The summed E-state index contributed by atoms with van der Waals surface area (Å²) < 4.78 is 0. The lowest BCUT2D eigenvalue weighted by atomic mass is 10.2. The van der Waals surface area contributed by atoms with Crippen LogP contribution in [-0.4, -0.2) is 31.0 Å². The molecule has 0 aliphatic heterocycles. The minimum Gasteiger partial charge on any atom is -0.357 e. The van der Waals surface area contributed by atoms with Gasteiger partial charge in [0.05, 0.1) is 0 Å². The van der Waals surface area contributed by atoms with Crippen molar-refractivity contribution in [2.45, 2.75) is 27.3 Å². The first-order valence-corrected chi connectivity index (χ1v) is 6.66. The van der Waals surface area contributed by atoms with Crippen LogP contribution in [-0.2, 0) is 6.54 Å². The van der Waals surface area contributed by atoms with E-state index in [1.54, 1.807) is 0 Å². The Hall–Kier alpha value is -0.780. The van der Waals surface area contributed by atoms with Gasteiger partial charge in [0.25, 0.3) is 0 Å². The summed E-state index contributed by atoms with van der Waals surface area (Å²) in [5.41, 5.74) is 1.30. The van der Waals surface area contributed by atoms with Crippen LogP contribution in [0.1, 0.15) is 26.3 Å². The molecule has 4 heteroatoms. The highest BCUT2D eigenvalue weighted by Crippen LogP contribution is 2.03. The van der Waals surface area contributed by atoms with Crippen LogP contribution >= 0.6 is 24.0 Å². The first-order valence-electron chi connectivity index (χ1n) is 6.66. The maximum absolute atomic E-state index is 4.64. The maximum Gasteiger partial charge on any atom is 0.193 e. The highest BCUT2D eigenvalue weighted by molar-refractivity contribution is 14.0. The Kier molecular flexibility index (Phi) is 9.65. The Bertz CT molecular complexity index is 363. The van der Waals surface area contributed by atoms with Gasteiger partial charge in [0.2, 0.25) is 0 Å². The van der Waals surface area contributed by atoms with Crippen LogP contribution in [0.2, 0.25) is 0 Å². The van der Waals surface area contributed by atoms with E-state index in [4.69, 9.17) is 0 Å². The van der Waals surface area contributed by atoms with Crippen molar-refractivity contribution in [1.82, 2.24) is 10.2 Å². The second kappa shape index (κ2) is 10.1. The fraction of sp³-hybridized carbons (Fsp3) is 0.533. The van der Waals surface area contributed by atoms with Gasteiger partial charge >= 0.3 is 0 Å². The van der Waals surface area contributed by atoms with Gasteiger partial charge in [-0.05, 0) is 18.4 Å². The molecule has 0 saturated heterocycles. The lowest BCUT2D eigenvalue weighted by molar-refractivity contribution is 0.474. The summed E-state index contributed by atoms with van der Waals surface area (Å²) in [5, 5.41) is 3.33. The quantitative estimate of drug-likeness (QED) is 0.486. The average Bonchev–Trinajstić information content (AvgIpc) is 2.35. The van der Waals surface area contributed by atoms with Crippen molar-refractivity contribution in [2.24, 2.45) is 10.9 Å². The highest BCUT2D eigenvalue weighted by Gasteiger charge is 2.06. The number of halogens is 1. The number of nitrogens with one attached hydrogen (secondary N) is 1. The second-order valence-corrected chi connectivity index (χ2v) is 4.93. The molecule has 0 amide bonds. The third kappa shape index (κ3) is 7.40. The summed E-state index contributed by atoms with van der Waals surface area (Å²) in [5.74, 6) is 1.57. The lowest BCUT2D eigenvalue weighted by Gasteiger charge is -2.22. The van der Waals surface area contributed by atoms with E-state index in [1.807, 2.05) is 6.07 Å². The SMILES string of the molecule is CCNC(=NCC(C)C)N(C)Cc1ccccc1.I. The fourth-order valence-electron chi connectivity index (χ4n) is 1.67. The van der Waals surface area contributed by atoms with Crippen LogP contribution in [0.25, 0.3) is 0 Å². The van der Waals surface area contributed by atoms with Crippen LogP contribution < -0.4 is 5.32 Å². The predicted octanol–water partition coefficient (Wildman–Crippen LogP) is 3.36. The maximum atomic E-state index is 4.64. The third-order valence-corrected chi connectivity index (χ3v) is 2.57. The molecule has 108 valence electrons. The summed E-state index contributed by atoms with van der Waals surface area (Å²) in [6, 6.07) is 10.5. The number of guanidine groups is 1. The molecule has 0 radical (unpaired) electrons. The van der Waals surface area contributed by atoms with E-state index in [9.17, 15) is 0 Å². The molecule has 0 spiro atoms. The van der Waals surface area contributed by atoms with Gasteiger partial charge in [-0.2, -0.15) is 0 Å². The third-order valence-electron chi connectivity index (χ3n) is 2.57. The van der Waals surface area contributed by atoms with Gasteiger partial charge in [0, 0.05) is 26.7 Å². The zero-order valence-electron chi connectivity index (χ0n) is 12.4. The molecule has 0 saturated carbocycles. The number of benzene rings is 1. The smallest absolute Gasteiger partial charge is 0.193 e. The number of hydrogen-bond acceptors (Lipinski definition) is 1. The molecule has 0 atom stereocenters. The van der Waals surface area contributed by atoms with Crippen molar-refractivity contribution in [3.8, 4) is 0 Å². The molecule has 1 aromatic carbocycles. The molecule has 0 aromatic heterocycles. The molecule has 1 rings (SSSR count). The van der Waals surface area contributed by atoms with Gasteiger partial charge in [-0.25, -0.2) is 0 Å². The summed E-state index contributed by atoms with van der Waals surface area (Å²) >= 11 is 0. The fourth-order valence-corrected chi connectivity index (χ4v) is 1.67. The number of aliphatic imine (C=N–C) groups is 1. The van der Waals surface area contributed by atoms with E-state index in [0.29, 0.717) is 5.92 Å². The molecule has 0 heterocycles. The Morgan fingerprint density at radius 2 is 1.89 bits per heavy atom. The average molecular weight is 375 g/mol. The van der Waals surface area contributed by atoms with Gasteiger partial charge in [-0.1, -0.05) is 44.2 Å². The van der Waals surface area contributed by atoms with E-state index >= 15 is 0 Å². The van der Waals surface area contributed by atoms with Crippen molar-refractivity contribution in [3.05, 3.63) is 35.9 Å². The molecule has 0 aliphatic carbocycles. The summed E-state index contributed by atoms with van der Waals surface area (Å²) in [7, 11) is 2.08. The Balaban J connectivity index is 0.00000324. The summed E-state index contributed by atoms with van der Waals surface area (Å²) in [6.07, 6.45) is 0. The van der Waals surface area contributed by atoms with E-state index in [1.165, 1.54) is 5.56 Å². The van der Waals surface area contributed by atoms with Gasteiger partial charge in [-0.15, -0.1) is 24.0 Å². The van der Waals surface area contributed by atoms with Gasteiger partial charge in [-0.3, -0.25) is 4.99 Å². The number of nitrogens with zero attached hydrogens (tertiary/aromatic N) is 2. The van der Waals surface area contributed by atoms with Crippen molar-refractivity contribution in [1.29, 1.82) is 0 Å². The van der Waals surface area contributed by atoms with Gasteiger partial charge in [0.15, 0.2) is 5.96 Å². The normalized spacial score (nSPS) is 11.1. The van der Waals surface area contributed by atoms with E-state index in [-0.39, 0.29) is 24.0 Å². The zero-order valence-corrected chi connectivity index (χ0v) is 14.7. The first kappa shape index (κ1) is 18.2. The molecule has 0 aliphatic rings. The molecule has 0 fully saturated rings. The van der Waals surface area contributed by atoms with Crippen LogP contribution in [0.15, 0.2) is 35.3 Å². The van der Waals surface area contributed by atoms with Gasteiger partial charge < -0.3 is 10.2 Å². The lowest BCUT2D eigenvalue weighted by Crippen LogP contribution is -2.38. The molecule has 1 aromatic rings. The molecule has 0 bridgehead atoms. The van der Waals surface area contributed by atoms with Crippen LogP contribution in [0.4, 0.5) is 0 Å². The Labute approximate surface area is 134 Å². The molecule has 19 heavy (non-hydrogen) atoms. The van der Waals surface area contributed by atoms with Crippen molar-refractivity contribution >= 4 is 29.9 Å². The standard InChI is InChI=1S/C15H25N3.HI/c1-5-16-15(17-11-13(2)3)18(4)12-14-9-7-6-8-10-14;/h6-10,13H,5,11-12H2,1-4H3,(H,16,17);1H. The largest absolute Gasteiger partial charge is 0.357 e. The predicted molar refractivity (Wildman–Crippen MR) is 94.1 cm³/mol. The second-order valence-electron chi connectivity index (χ2n) is 4.93. The first-order chi connectivity index (χ1) is 8.63. The van der Waals surface area contributed by atoms with Crippen LogP contribution in [0, 0.1) is 5.92 Å². The number of rotatable bonds is 5. The number of hydrogen-bond donors (Lipinski definition) is 1. The highest BCUT2D eigenvalue weighted by atomic mass is 127. The van der Waals surface area contributed by atoms with Gasteiger partial charge in [0.1, 0.15) is 0 Å². The summed E-state index contributed by atoms with van der Waals surface area (Å²) in [6.45, 7) is 9.11. The molecule has 0 unspecified atom stereocenters. The Morgan fingerprint density at radius 3 is 2.42 bits per heavy atom. The minimum atomic E-state index is 0. The summed E-state index contributed by atoms with van der Waals surface area (Å²) in [4.78, 5) is 6.81. The van der Waals surface area contributed by atoms with Crippen LogP contribution in [0.5, 0.6) is 0 Å². The van der Waals surface area contributed by atoms with Crippen LogP contribution in [0.3, 0.4) is 0 Å². The van der Waals surface area contributed by atoms with Crippen molar-refractivity contribution in [3.63, 3.8) is 0 Å². The molecular formula is C15H26IN3. The monoisotopic (exact) mass is 375 g/mol. The topological polar surface area (TPSA) is 27.6 Å². The Morgan fingerprint density at radius 1 is 1.26 bits per heavy atom. The van der Waals surface area contributed by atoms with E-state index < -0.39 is 0 Å². The minimum absolute atomic E-state index is 0. The van der Waals surface area contributed by atoms with Crippen molar-refractivity contribution in [2.75, 3.05) is 20.1 Å². The molecule has 3 nitrogen and oxygen atoms in total. The van der Waals surface area contributed by atoms with E-state index in [2.05, 4.69) is 67.3 Å². The van der Waals surface area contributed by atoms with E-state index in [0.717, 1.165) is 25.6 Å². The van der Waals surface area contributed by atoms with Crippen molar-refractivity contribution < 1.29 is 0 Å². The molecule has 1 N–H and O–H groups in total. The zero-order chi connectivity index (χ0) is 13.4.